The molecule has 35 heavy (non-hydrogen) atoms. The molecule has 0 amide bonds. The van der Waals surface area contributed by atoms with Crippen molar-refractivity contribution in [2.45, 2.75) is 13.3 Å². The summed E-state index contributed by atoms with van der Waals surface area (Å²) in [4.78, 5) is 14.5. The number of rotatable bonds is 7. The minimum atomic E-state index is -0.469. The molecular formula is C24H28FN9O. The molecule has 3 aromatic rings. The Morgan fingerprint density at radius 3 is 2.74 bits per heavy atom. The zero-order valence-electron chi connectivity index (χ0n) is 19.5. The van der Waals surface area contributed by atoms with E-state index in [1.165, 1.54) is 5.56 Å². The Hall–Kier alpha value is -3.83. The molecule has 2 aromatic heterocycles. The quantitative estimate of drug-likeness (QED) is 0.350. The number of hydrogen-bond acceptors (Lipinski definition) is 10. The summed E-state index contributed by atoms with van der Waals surface area (Å²) in [7, 11) is 0. The van der Waals surface area contributed by atoms with Crippen LogP contribution in [0.25, 0.3) is 0 Å². The van der Waals surface area contributed by atoms with E-state index in [-0.39, 0.29) is 11.8 Å². The molecule has 5 rings (SSSR count). The van der Waals surface area contributed by atoms with Gasteiger partial charge in [0.1, 0.15) is 0 Å². The van der Waals surface area contributed by atoms with Crippen LogP contribution < -0.4 is 26.1 Å². The number of pyridine rings is 1. The number of nitrogens with one attached hydrogen (secondary N) is 3. The highest BCUT2D eigenvalue weighted by atomic mass is 19.1. The molecule has 0 aliphatic carbocycles. The van der Waals surface area contributed by atoms with Crippen LogP contribution in [0.5, 0.6) is 0 Å². The van der Waals surface area contributed by atoms with E-state index < -0.39 is 5.82 Å². The SMILES string of the molecule is Cc1cc(Nc2ccc(/C=N/Nc3ncc(F)c(N4CCOCC4)n3)nc2)cc(N2CCCN2)c1. The standard InChI is InChI=1S/C24H28FN9O/c1-17-11-20(13-21(12-17)34-6-2-5-29-34)30-19-4-3-18(26-14-19)15-28-32-24-27-16-22(25)23(31-24)33-7-9-35-10-8-33/h3-4,11-16,29-30H,2,5-10H2,1H3,(H,27,31,32)/b28-15+. The maximum absolute atomic E-state index is 14.2. The highest BCUT2D eigenvalue weighted by Crippen LogP contribution is 2.25. The number of hydrogen-bond donors (Lipinski definition) is 3. The van der Waals surface area contributed by atoms with Gasteiger partial charge in [-0.25, -0.2) is 20.2 Å². The molecule has 4 heterocycles. The van der Waals surface area contributed by atoms with Crippen molar-refractivity contribution in [1.29, 1.82) is 0 Å². The van der Waals surface area contributed by atoms with E-state index in [0.717, 1.165) is 42.8 Å². The first-order valence-electron chi connectivity index (χ1n) is 11.6. The Balaban J connectivity index is 1.20. The van der Waals surface area contributed by atoms with Crippen LogP contribution in [0.4, 0.5) is 33.2 Å². The van der Waals surface area contributed by atoms with Crippen molar-refractivity contribution in [3.63, 3.8) is 0 Å². The highest BCUT2D eigenvalue weighted by molar-refractivity contribution is 5.78. The molecule has 2 saturated heterocycles. The number of anilines is 5. The second kappa shape index (κ2) is 10.6. The zero-order valence-corrected chi connectivity index (χ0v) is 19.5. The van der Waals surface area contributed by atoms with Gasteiger partial charge in [0.05, 0.1) is 48.9 Å². The third kappa shape index (κ3) is 5.81. The van der Waals surface area contributed by atoms with E-state index in [1.54, 1.807) is 12.4 Å². The molecule has 10 nitrogen and oxygen atoms in total. The fourth-order valence-electron chi connectivity index (χ4n) is 4.03. The number of nitrogens with zero attached hydrogens (tertiary/aromatic N) is 6. The lowest BCUT2D eigenvalue weighted by atomic mass is 10.2. The van der Waals surface area contributed by atoms with E-state index in [4.69, 9.17) is 4.74 Å². The van der Waals surface area contributed by atoms with Crippen molar-refractivity contribution >= 4 is 35.0 Å². The van der Waals surface area contributed by atoms with Crippen molar-refractivity contribution < 1.29 is 9.13 Å². The van der Waals surface area contributed by atoms with Gasteiger partial charge in [-0.2, -0.15) is 10.1 Å². The number of benzene rings is 1. The van der Waals surface area contributed by atoms with Crippen LogP contribution in [0.2, 0.25) is 0 Å². The second-order valence-corrected chi connectivity index (χ2v) is 8.40. The molecule has 0 spiro atoms. The summed E-state index contributed by atoms with van der Waals surface area (Å²) >= 11 is 0. The Kier molecular flexibility index (Phi) is 6.96. The molecule has 1 aromatic carbocycles. The Morgan fingerprint density at radius 1 is 1.09 bits per heavy atom. The zero-order chi connectivity index (χ0) is 24.0. The Morgan fingerprint density at radius 2 is 1.97 bits per heavy atom. The van der Waals surface area contributed by atoms with Gasteiger partial charge in [-0.05, 0) is 49.2 Å². The maximum atomic E-state index is 14.2. The fourth-order valence-corrected chi connectivity index (χ4v) is 4.03. The molecule has 11 heteroatoms. The molecule has 0 radical (unpaired) electrons. The minimum Gasteiger partial charge on any atom is -0.378 e. The van der Waals surface area contributed by atoms with Gasteiger partial charge in [0.15, 0.2) is 11.6 Å². The van der Waals surface area contributed by atoms with Crippen LogP contribution in [0.3, 0.4) is 0 Å². The first kappa shape index (κ1) is 22.9. The summed E-state index contributed by atoms with van der Waals surface area (Å²) in [6, 6.07) is 10.2. The van der Waals surface area contributed by atoms with Crippen LogP contribution >= 0.6 is 0 Å². The van der Waals surface area contributed by atoms with Gasteiger partial charge in [-0.15, -0.1) is 0 Å². The molecular weight excluding hydrogens is 449 g/mol. The largest absolute Gasteiger partial charge is 0.378 e. The van der Waals surface area contributed by atoms with Gasteiger partial charge < -0.3 is 20.0 Å². The number of aryl methyl sites for hydroxylation is 1. The van der Waals surface area contributed by atoms with E-state index in [2.05, 4.69) is 66.4 Å². The number of morpholine rings is 1. The minimum absolute atomic E-state index is 0.213. The summed E-state index contributed by atoms with van der Waals surface area (Å²) in [6.07, 6.45) is 5.60. The average Bonchev–Trinajstić information content (AvgIpc) is 3.42. The van der Waals surface area contributed by atoms with Crippen molar-refractivity contribution in [3.8, 4) is 0 Å². The lowest BCUT2D eigenvalue weighted by Crippen LogP contribution is -2.37. The van der Waals surface area contributed by atoms with Gasteiger partial charge in [0.2, 0.25) is 5.95 Å². The summed E-state index contributed by atoms with van der Waals surface area (Å²) < 4.78 is 19.5. The monoisotopic (exact) mass is 477 g/mol. The summed E-state index contributed by atoms with van der Waals surface area (Å²) in [5.41, 5.74) is 11.0. The van der Waals surface area contributed by atoms with Crippen molar-refractivity contribution in [1.82, 2.24) is 20.4 Å². The fraction of sp³-hybridized carbons (Fsp3) is 0.333. The first-order chi connectivity index (χ1) is 17.1. The Labute approximate surface area is 203 Å². The van der Waals surface area contributed by atoms with Gasteiger partial charge >= 0.3 is 0 Å². The summed E-state index contributed by atoms with van der Waals surface area (Å²) in [5.74, 6) is -0.0110. The van der Waals surface area contributed by atoms with Gasteiger partial charge in [0, 0.05) is 31.9 Å². The van der Waals surface area contributed by atoms with E-state index in [1.807, 2.05) is 17.0 Å². The maximum Gasteiger partial charge on any atom is 0.245 e. The van der Waals surface area contributed by atoms with Gasteiger partial charge in [0.25, 0.3) is 0 Å². The number of aromatic nitrogens is 3. The molecule has 3 N–H and O–H groups in total. The van der Waals surface area contributed by atoms with Crippen molar-refractivity contribution in [2.24, 2.45) is 5.10 Å². The first-order valence-corrected chi connectivity index (χ1v) is 11.6. The van der Waals surface area contributed by atoms with E-state index >= 15 is 0 Å². The Bertz CT molecular complexity index is 1180. The van der Waals surface area contributed by atoms with Gasteiger partial charge in [-0.1, -0.05) is 0 Å². The third-order valence-corrected chi connectivity index (χ3v) is 5.71. The topological polar surface area (TPSA) is 103 Å². The predicted molar refractivity (Wildman–Crippen MR) is 135 cm³/mol. The molecule has 0 atom stereocenters. The van der Waals surface area contributed by atoms with Crippen molar-refractivity contribution in [3.05, 3.63) is 59.8 Å². The molecule has 0 saturated carbocycles. The smallest absolute Gasteiger partial charge is 0.245 e. The highest BCUT2D eigenvalue weighted by Gasteiger charge is 2.18. The molecule has 2 fully saturated rings. The number of hydrazine groups is 1. The van der Waals surface area contributed by atoms with E-state index in [0.29, 0.717) is 32.0 Å². The second-order valence-electron chi connectivity index (χ2n) is 8.40. The van der Waals surface area contributed by atoms with Crippen LogP contribution in [0.15, 0.2) is 47.8 Å². The predicted octanol–water partition coefficient (Wildman–Crippen LogP) is 3.06. The number of hydrazone groups is 1. The third-order valence-electron chi connectivity index (χ3n) is 5.71. The summed E-state index contributed by atoms with van der Waals surface area (Å²) in [5, 5.41) is 9.74. The van der Waals surface area contributed by atoms with Crippen molar-refractivity contribution in [2.75, 3.05) is 60.0 Å². The molecule has 2 aliphatic heterocycles. The normalized spacial score (nSPS) is 16.2. The van der Waals surface area contributed by atoms with E-state index in [9.17, 15) is 4.39 Å². The van der Waals surface area contributed by atoms with Crippen LogP contribution in [0, 0.1) is 12.7 Å². The lowest BCUT2D eigenvalue weighted by molar-refractivity contribution is 0.122. The molecule has 0 bridgehead atoms. The number of ether oxygens (including phenoxy) is 1. The van der Waals surface area contributed by atoms with Crippen LogP contribution in [-0.2, 0) is 4.74 Å². The van der Waals surface area contributed by atoms with Crippen LogP contribution in [-0.4, -0.2) is 60.6 Å². The lowest BCUT2D eigenvalue weighted by Gasteiger charge is -2.27. The molecule has 2 aliphatic rings. The van der Waals surface area contributed by atoms with Gasteiger partial charge in [-0.3, -0.25) is 4.98 Å². The molecule has 0 unspecified atom stereocenters. The molecule has 182 valence electrons. The number of halogens is 1. The average molecular weight is 478 g/mol. The van der Waals surface area contributed by atoms with Crippen LogP contribution in [0.1, 0.15) is 17.7 Å². The summed E-state index contributed by atoms with van der Waals surface area (Å²) in [6.45, 7) is 6.35.